The Morgan fingerprint density at radius 2 is 1.62 bits per heavy atom. The monoisotopic (exact) mass is 457 g/mol. The average Bonchev–Trinajstić information content (AvgIpc) is 2.77. The second kappa shape index (κ2) is 9.32. The van der Waals surface area contributed by atoms with Gasteiger partial charge in [-0.3, -0.25) is 14.3 Å². The number of likely N-dealkylation sites (tertiary alicyclic amines) is 1. The van der Waals surface area contributed by atoms with Crippen LogP contribution in [0.3, 0.4) is 0 Å². The SMILES string of the molecule is CNC(=O)C1CCN(C(=O)c2cccc(NS(=O)(=O)c3ccc(C(C)(C)C)cc3)c2)CC1. The zero-order valence-electron chi connectivity index (χ0n) is 19.0. The Balaban J connectivity index is 1.71. The maximum absolute atomic E-state index is 12.9. The topological polar surface area (TPSA) is 95.6 Å². The first-order valence-corrected chi connectivity index (χ1v) is 12.2. The number of carbonyl (C=O) groups is 2. The van der Waals surface area contributed by atoms with Crippen molar-refractivity contribution in [2.45, 2.75) is 43.9 Å². The molecule has 1 aliphatic heterocycles. The van der Waals surface area contributed by atoms with Gasteiger partial charge in [-0.05, 0) is 54.2 Å². The first kappa shape index (κ1) is 23.8. The molecule has 0 bridgehead atoms. The average molecular weight is 458 g/mol. The van der Waals surface area contributed by atoms with Crippen LogP contribution < -0.4 is 10.0 Å². The molecule has 172 valence electrons. The van der Waals surface area contributed by atoms with Crippen LogP contribution >= 0.6 is 0 Å². The van der Waals surface area contributed by atoms with Crippen LogP contribution in [-0.4, -0.2) is 45.3 Å². The Labute approximate surface area is 190 Å². The third-order valence-electron chi connectivity index (χ3n) is 5.79. The third kappa shape index (κ3) is 5.48. The predicted octanol–water partition coefficient (Wildman–Crippen LogP) is 3.38. The quantitative estimate of drug-likeness (QED) is 0.719. The van der Waals surface area contributed by atoms with Crippen molar-refractivity contribution < 1.29 is 18.0 Å². The van der Waals surface area contributed by atoms with E-state index in [-0.39, 0.29) is 28.0 Å². The summed E-state index contributed by atoms with van der Waals surface area (Å²) in [5, 5.41) is 2.66. The van der Waals surface area contributed by atoms with Gasteiger partial charge in [-0.2, -0.15) is 0 Å². The van der Waals surface area contributed by atoms with Crippen molar-refractivity contribution in [3.05, 3.63) is 59.7 Å². The molecule has 0 atom stereocenters. The number of hydrogen-bond acceptors (Lipinski definition) is 4. The van der Waals surface area contributed by atoms with E-state index in [0.29, 0.717) is 37.2 Å². The van der Waals surface area contributed by atoms with E-state index in [2.05, 4.69) is 30.8 Å². The molecule has 3 rings (SSSR count). The minimum atomic E-state index is -3.78. The molecule has 0 aromatic heterocycles. The van der Waals surface area contributed by atoms with E-state index in [0.717, 1.165) is 5.56 Å². The maximum Gasteiger partial charge on any atom is 0.261 e. The maximum atomic E-state index is 12.9. The van der Waals surface area contributed by atoms with Gasteiger partial charge in [-0.15, -0.1) is 0 Å². The van der Waals surface area contributed by atoms with Gasteiger partial charge in [0.15, 0.2) is 0 Å². The van der Waals surface area contributed by atoms with Gasteiger partial charge < -0.3 is 10.2 Å². The second-order valence-corrected chi connectivity index (χ2v) is 10.8. The lowest BCUT2D eigenvalue weighted by molar-refractivity contribution is -0.125. The number of hydrogen-bond donors (Lipinski definition) is 2. The van der Waals surface area contributed by atoms with Gasteiger partial charge in [-0.25, -0.2) is 8.42 Å². The molecule has 2 N–H and O–H groups in total. The molecule has 0 saturated carbocycles. The number of piperidine rings is 1. The third-order valence-corrected chi connectivity index (χ3v) is 7.19. The molecule has 7 nitrogen and oxygen atoms in total. The van der Waals surface area contributed by atoms with Crippen LogP contribution in [0.25, 0.3) is 0 Å². The Kier molecular flexibility index (Phi) is 6.93. The lowest BCUT2D eigenvalue weighted by Crippen LogP contribution is -2.42. The number of nitrogens with one attached hydrogen (secondary N) is 2. The van der Waals surface area contributed by atoms with Gasteiger partial charge in [0.25, 0.3) is 15.9 Å². The van der Waals surface area contributed by atoms with Crippen LogP contribution in [0.15, 0.2) is 53.4 Å². The number of carbonyl (C=O) groups excluding carboxylic acids is 2. The summed E-state index contributed by atoms with van der Waals surface area (Å²) < 4.78 is 28.2. The van der Waals surface area contributed by atoms with Crippen LogP contribution in [0.1, 0.15) is 49.5 Å². The highest BCUT2D eigenvalue weighted by Crippen LogP contribution is 2.25. The number of anilines is 1. The zero-order chi connectivity index (χ0) is 23.5. The van der Waals surface area contributed by atoms with Crippen LogP contribution in [0.5, 0.6) is 0 Å². The number of benzene rings is 2. The Morgan fingerprint density at radius 3 is 2.19 bits per heavy atom. The van der Waals surface area contributed by atoms with Crippen molar-refractivity contribution >= 4 is 27.5 Å². The summed E-state index contributed by atoms with van der Waals surface area (Å²) in [4.78, 5) is 26.6. The molecule has 8 heteroatoms. The first-order chi connectivity index (χ1) is 15.0. The summed E-state index contributed by atoms with van der Waals surface area (Å²) in [5.74, 6) is -0.244. The highest BCUT2D eigenvalue weighted by Gasteiger charge is 2.27. The van der Waals surface area contributed by atoms with E-state index in [4.69, 9.17) is 0 Å². The van der Waals surface area contributed by atoms with Crippen LogP contribution in [0.2, 0.25) is 0 Å². The zero-order valence-corrected chi connectivity index (χ0v) is 19.8. The predicted molar refractivity (Wildman–Crippen MR) is 125 cm³/mol. The highest BCUT2D eigenvalue weighted by molar-refractivity contribution is 7.92. The Bertz CT molecular complexity index is 1080. The van der Waals surface area contributed by atoms with Crippen LogP contribution in [0.4, 0.5) is 5.69 Å². The molecule has 2 aromatic carbocycles. The van der Waals surface area contributed by atoms with Gasteiger partial charge in [0.05, 0.1) is 4.90 Å². The van der Waals surface area contributed by atoms with E-state index < -0.39 is 10.0 Å². The molecule has 0 spiro atoms. The molecule has 0 unspecified atom stereocenters. The molecule has 1 aliphatic rings. The molecule has 2 amide bonds. The largest absolute Gasteiger partial charge is 0.359 e. The van der Waals surface area contributed by atoms with Gasteiger partial charge in [-0.1, -0.05) is 39.0 Å². The molecule has 1 heterocycles. The van der Waals surface area contributed by atoms with Gasteiger partial charge in [0.1, 0.15) is 0 Å². The summed E-state index contributed by atoms with van der Waals surface area (Å²) in [6, 6.07) is 13.3. The van der Waals surface area contributed by atoms with Crippen molar-refractivity contribution in [3.8, 4) is 0 Å². The van der Waals surface area contributed by atoms with Crippen LogP contribution in [-0.2, 0) is 20.2 Å². The summed E-state index contributed by atoms with van der Waals surface area (Å²) >= 11 is 0. The molecule has 0 aliphatic carbocycles. The molecule has 1 saturated heterocycles. The van der Waals surface area contributed by atoms with Gasteiger partial charge in [0.2, 0.25) is 5.91 Å². The molecule has 1 fully saturated rings. The van der Waals surface area contributed by atoms with Crippen molar-refractivity contribution in [1.82, 2.24) is 10.2 Å². The van der Waals surface area contributed by atoms with E-state index in [1.54, 1.807) is 48.3 Å². The summed E-state index contributed by atoms with van der Waals surface area (Å²) in [6.07, 6.45) is 1.23. The summed E-state index contributed by atoms with van der Waals surface area (Å²) in [5.41, 5.74) is 1.71. The molecule has 32 heavy (non-hydrogen) atoms. The minimum Gasteiger partial charge on any atom is -0.359 e. The van der Waals surface area contributed by atoms with E-state index in [9.17, 15) is 18.0 Å². The fourth-order valence-corrected chi connectivity index (χ4v) is 4.84. The second-order valence-electron chi connectivity index (χ2n) is 9.14. The molecule has 2 aromatic rings. The number of rotatable bonds is 5. The standard InChI is InChI=1S/C24H31N3O4S/c1-24(2,3)19-8-10-21(11-9-19)32(30,31)26-20-7-5-6-18(16-20)23(29)27-14-12-17(13-15-27)22(28)25-4/h5-11,16-17,26H,12-15H2,1-4H3,(H,25,28). The summed E-state index contributed by atoms with van der Waals surface area (Å²) in [6.45, 7) is 7.19. The molecule has 0 radical (unpaired) electrons. The lowest BCUT2D eigenvalue weighted by atomic mass is 9.87. The van der Waals surface area contributed by atoms with Crippen molar-refractivity contribution in [2.24, 2.45) is 5.92 Å². The lowest BCUT2D eigenvalue weighted by Gasteiger charge is -2.31. The number of sulfonamides is 1. The van der Waals surface area contributed by atoms with Crippen molar-refractivity contribution in [1.29, 1.82) is 0 Å². The normalized spacial score (nSPS) is 15.3. The smallest absolute Gasteiger partial charge is 0.261 e. The van der Waals surface area contributed by atoms with Gasteiger partial charge in [0, 0.05) is 37.3 Å². The van der Waals surface area contributed by atoms with E-state index in [1.807, 2.05) is 12.1 Å². The summed E-state index contributed by atoms with van der Waals surface area (Å²) in [7, 11) is -2.17. The van der Waals surface area contributed by atoms with Crippen molar-refractivity contribution in [2.75, 3.05) is 24.9 Å². The van der Waals surface area contributed by atoms with Crippen molar-refractivity contribution in [3.63, 3.8) is 0 Å². The van der Waals surface area contributed by atoms with Gasteiger partial charge >= 0.3 is 0 Å². The Morgan fingerprint density at radius 1 is 1.00 bits per heavy atom. The first-order valence-electron chi connectivity index (χ1n) is 10.8. The fourth-order valence-electron chi connectivity index (χ4n) is 3.80. The molecular weight excluding hydrogens is 426 g/mol. The highest BCUT2D eigenvalue weighted by atomic mass is 32.2. The Hall–Kier alpha value is -2.87. The minimum absolute atomic E-state index is 0.00374. The number of amides is 2. The fraction of sp³-hybridized carbons (Fsp3) is 0.417. The number of nitrogens with zero attached hydrogens (tertiary/aromatic N) is 1. The van der Waals surface area contributed by atoms with Crippen LogP contribution in [0, 0.1) is 5.92 Å². The van der Waals surface area contributed by atoms with E-state index in [1.165, 1.54) is 0 Å². The van der Waals surface area contributed by atoms with E-state index >= 15 is 0 Å². The molecular formula is C24H31N3O4S.